The van der Waals surface area contributed by atoms with E-state index < -0.39 is 0 Å². The summed E-state index contributed by atoms with van der Waals surface area (Å²) in [6.45, 7) is 0. The Morgan fingerprint density at radius 3 is 2.90 bits per heavy atom. The van der Waals surface area contributed by atoms with Gasteiger partial charge in [-0.1, -0.05) is 17.5 Å². The molecule has 1 nitrogen and oxygen atoms in total. The van der Waals surface area contributed by atoms with E-state index >= 15 is 0 Å². The molecule has 0 fully saturated rings. The molecule has 0 bridgehead atoms. The van der Waals surface area contributed by atoms with E-state index in [-0.39, 0.29) is 18.9 Å². The molecule has 0 radical (unpaired) electrons. The smallest absolute Gasteiger partial charge is 0.272 e. The zero-order valence-electron chi connectivity index (χ0n) is 5.66. The average Bonchev–Trinajstić information content (AvgIpc) is 2.33. The number of rotatable bonds is 0. The Bertz CT molecular complexity index is 288. The van der Waals surface area contributed by atoms with Gasteiger partial charge in [0.25, 0.3) is 0 Å². The molecule has 44 valence electrons. The van der Waals surface area contributed by atoms with Crippen LogP contribution in [-0.4, -0.2) is 4.37 Å². The quantitative estimate of drug-likeness (QED) is 0.342. The maximum absolute atomic E-state index is 4.10. The Balaban J connectivity index is 0.000000500. The summed E-state index contributed by atoms with van der Waals surface area (Å²) in [6, 6.07) is 7.98. The van der Waals surface area contributed by atoms with Gasteiger partial charge in [-0.05, 0) is 5.52 Å². The number of benzene rings is 1. The van der Waals surface area contributed by atoms with Crippen molar-refractivity contribution in [3.63, 3.8) is 0 Å². The van der Waals surface area contributed by atoms with Crippen molar-refractivity contribution in [2.24, 2.45) is 0 Å². The zero-order chi connectivity index (χ0) is 6.10. The normalized spacial score (nSPS) is 9.20. The summed E-state index contributed by atoms with van der Waals surface area (Å²) in [6.07, 6.45) is 0. The van der Waals surface area contributed by atoms with Crippen LogP contribution in [0.15, 0.2) is 24.3 Å². The first-order valence-electron chi connectivity index (χ1n) is 2.69. The van der Waals surface area contributed by atoms with Crippen molar-refractivity contribution in [3.05, 3.63) is 29.6 Å². The van der Waals surface area contributed by atoms with Gasteiger partial charge in [-0.3, -0.25) is 4.37 Å². The van der Waals surface area contributed by atoms with Gasteiger partial charge in [-0.15, -0.1) is 17.6 Å². The van der Waals surface area contributed by atoms with E-state index in [0.29, 0.717) is 0 Å². The van der Waals surface area contributed by atoms with Crippen molar-refractivity contribution in [1.29, 1.82) is 0 Å². The van der Waals surface area contributed by atoms with Crippen LogP contribution in [0.4, 0.5) is 0 Å². The summed E-state index contributed by atoms with van der Waals surface area (Å²) in [7, 11) is 0. The third-order valence-electron chi connectivity index (χ3n) is 1.20. The number of aromatic nitrogens is 1. The van der Waals surface area contributed by atoms with Crippen molar-refractivity contribution >= 4 is 22.4 Å². The van der Waals surface area contributed by atoms with Gasteiger partial charge in [-0.2, -0.15) is 11.5 Å². The van der Waals surface area contributed by atoms with E-state index in [1.54, 1.807) is 0 Å². The van der Waals surface area contributed by atoms with Gasteiger partial charge >= 0.3 is 18.9 Å². The molecule has 10 heavy (non-hydrogen) atoms. The van der Waals surface area contributed by atoms with Crippen molar-refractivity contribution in [2.75, 3.05) is 0 Å². The second kappa shape index (κ2) is 3.20. The van der Waals surface area contributed by atoms with Gasteiger partial charge in [0.2, 0.25) is 0 Å². The molecule has 0 saturated heterocycles. The number of hydrogen-bond acceptors (Lipinski definition) is 2. The molecule has 0 saturated carbocycles. The largest absolute Gasteiger partial charge is 1.00 e. The van der Waals surface area contributed by atoms with Gasteiger partial charge in [0.05, 0.1) is 0 Å². The molecule has 2 aromatic rings. The minimum atomic E-state index is 0. The molecule has 1 aromatic carbocycles. The van der Waals surface area contributed by atoms with Crippen LogP contribution >= 0.6 is 11.5 Å². The first kappa shape index (κ1) is 7.81. The minimum Gasteiger partial charge on any atom is -0.272 e. The monoisotopic (exact) mass is 141 g/mol. The summed E-state index contributed by atoms with van der Waals surface area (Å²) in [5.41, 5.74) is 1.04. The van der Waals surface area contributed by atoms with Crippen molar-refractivity contribution < 1.29 is 18.9 Å². The van der Waals surface area contributed by atoms with Crippen molar-refractivity contribution in [3.8, 4) is 0 Å². The van der Waals surface area contributed by atoms with Gasteiger partial charge in [0.1, 0.15) is 0 Å². The van der Waals surface area contributed by atoms with Crippen LogP contribution in [0.2, 0.25) is 0 Å². The number of fused-ring (bicyclic) bond motifs is 1. The third kappa shape index (κ3) is 1.24. The topological polar surface area (TPSA) is 12.9 Å². The fraction of sp³-hybridized carbons (Fsp3) is 0. The summed E-state index contributed by atoms with van der Waals surface area (Å²) in [5, 5.41) is 4.16. The Morgan fingerprint density at radius 2 is 2.10 bits per heavy atom. The maximum Gasteiger partial charge on any atom is 1.00 e. The summed E-state index contributed by atoms with van der Waals surface area (Å²) in [4.78, 5) is 0. The SMILES string of the molecule is [Li+].[c-]1snc2ccccc12. The van der Waals surface area contributed by atoms with Crippen molar-refractivity contribution in [1.82, 2.24) is 4.37 Å². The number of nitrogens with zero attached hydrogens (tertiary/aromatic N) is 1. The fourth-order valence-electron chi connectivity index (χ4n) is 0.761. The summed E-state index contributed by atoms with van der Waals surface area (Å²) in [5.74, 6) is 0. The van der Waals surface area contributed by atoms with Gasteiger partial charge in [0.15, 0.2) is 0 Å². The van der Waals surface area contributed by atoms with Gasteiger partial charge < -0.3 is 0 Å². The molecule has 1 aromatic heterocycles. The Hall–Kier alpha value is -0.293. The molecule has 3 heteroatoms. The molecule has 2 rings (SSSR count). The Labute approximate surface area is 75.4 Å². The molecular formula is C7H4LiNS. The molecule has 0 N–H and O–H groups in total. The van der Waals surface area contributed by atoms with Crippen LogP contribution in [-0.2, 0) is 0 Å². The molecule has 0 aliphatic rings. The fourth-order valence-corrected chi connectivity index (χ4v) is 1.33. The molecule has 0 spiro atoms. The van der Waals surface area contributed by atoms with Crippen LogP contribution in [0, 0.1) is 5.38 Å². The zero-order valence-corrected chi connectivity index (χ0v) is 6.48. The predicted octanol–water partition coefficient (Wildman–Crippen LogP) is -0.900. The molecule has 1 heterocycles. The first-order chi connectivity index (χ1) is 4.47. The second-order valence-electron chi connectivity index (χ2n) is 1.80. The Kier molecular flexibility index (Phi) is 2.50. The van der Waals surface area contributed by atoms with E-state index in [2.05, 4.69) is 9.75 Å². The van der Waals surface area contributed by atoms with E-state index in [0.717, 1.165) is 10.9 Å². The standard InChI is InChI=1S/C7H4NS.Li/c1-2-4-7-6(3-1)5-9-8-7;/h1-4H;/q-1;+1. The molecule has 0 aliphatic heterocycles. The average molecular weight is 141 g/mol. The Morgan fingerprint density at radius 1 is 1.30 bits per heavy atom. The predicted molar refractivity (Wildman–Crippen MR) is 38.5 cm³/mol. The molecular weight excluding hydrogens is 137 g/mol. The van der Waals surface area contributed by atoms with Crippen LogP contribution in [0.5, 0.6) is 0 Å². The van der Waals surface area contributed by atoms with Crippen LogP contribution in [0.1, 0.15) is 0 Å². The van der Waals surface area contributed by atoms with Crippen LogP contribution in [0.3, 0.4) is 0 Å². The molecule has 0 aliphatic carbocycles. The van der Waals surface area contributed by atoms with Crippen molar-refractivity contribution in [2.45, 2.75) is 0 Å². The van der Waals surface area contributed by atoms with Crippen LogP contribution in [0.25, 0.3) is 10.9 Å². The summed E-state index contributed by atoms with van der Waals surface area (Å²) < 4.78 is 4.10. The van der Waals surface area contributed by atoms with E-state index in [9.17, 15) is 0 Å². The number of hydrogen-bond donors (Lipinski definition) is 0. The first-order valence-corrected chi connectivity index (χ1v) is 3.46. The maximum atomic E-state index is 4.10. The molecule has 0 amide bonds. The molecule has 0 atom stereocenters. The summed E-state index contributed by atoms with van der Waals surface area (Å²) >= 11 is 1.38. The molecule has 0 unspecified atom stereocenters. The second-order valence-corrected chi connectivity index (χ2v) is 2.37. The van der Waals surface area contributed by atoms with Crippen LogP contribution < -0.4 is 18.9 Å². The van der Waals surface area contributed by atoms with Gasteiger partial charge in [-0.25, -0.2) is 0 Å². The van der Waals surface area contributed by atoms with Gasteiger partial charge in [0, 0.05) is 0 Å². The minimum absolute atomic E-state index is 0. The van der Waals surface area contributed by atoms with E-state index in [4.69, 9.17) is 0 Å². The van der Waals surface area contributed by atoms with E-state index in [1.807, 2.05) is 24.3 Å². The third-order valence-corrected chi connectivity index (χ3v) is 1.80. The van der Waals surface area contributed by atoms with E-state index in [1.165, 1.54) is 11.5 Å².